The van der Waals surface area contributed by atoms with Crippen molar-refractivity contribution in [2.24, 2.45) is 0 Å². The minimum absolute atomic E-state index is 0.112. The van der Waals surface area contributed by atoms with E-state index in [2.05, 4.69) is 51.2 Å². The number of rotatable bonds is 3. The third kappa shape index (κ3) is 2.47. The second-order valence-corrected chi connectivity index (χ2v) is 7.00. The van der Waals surface area contributed by atoms with E-state index < -0.39 is 0 Å². The minimum Gasteiger partial charge on any atom is -0.507 e. The Hall–Kier alpha value is -3.32. The first-order valence-corrected chi connectivity index (χ1v) is 9.45. The third-order valence-corrected chi connectivity index (χ3v) is 5.28. The number of aryl methyl sites for hydroxylation is 1. The van der Waals surface area contributed by atoms with Gasteiger partial charge in [0.25, 0.3) is 0 Å². The lowest BCUT2D eigenvalue weighted by molar-refractivity contribution is 0.477. The van der Waals surface area contributed by atoms with E-state index in [1.54, 1.807) is 6.07 Å². The zero-order chi connectivity index (χ0) is 19.3. The molecule has 0 atom stereocenters. The summed E-state index contributed by atoms with van der Waals surface area (Å²) in [5.41, 5.74) is 3.23. The van der Waals surface area contributed by atoms with Crippen LogP contribution in [0.2, 0.25) is 0 Å². The van der Waals surface area contributed by atoms with E-state index in [0.717, 1.165) is 39.5 Å². The zero-order valence-electron chi connectivity index (χ0n) is 15.1. The lowest BCUT2D eigenvalue weighted by atomic mass is 10.1. The van der Waals surface area contributed by atoms with Crippen molar-refractivity contribution in [2.75, 3.05) is 0 Å². The first-order chi connectivity index (χ1) is 13.7. The van der Waals surface area contributed by atoms with Gasteiger partial charge in [-0.2, -0.15) is 5.10 Å². The molecule has 0 fully saturated rings. The largest absolute Gasteiger partial charge is 0.507 e. The first kappa shape index (κ1) is 16.8. The van der Waals surface area contributed by atoms with Gasteiger partial charge in [0.05, 0.1) is 22.5 Å². The summed E-state index contributed by atoms with van der Waals surface area (Å²) >= 11 is 4.53. The van der Waals surface area contributed by atoms with E-state index in [-0.39, 0.29) is 5.75 Å². The lowest BCUT2D eigenvalue weighted by Crippen LogP contribution is -2.00. The molecule has 0 amide bonds. The molecule has 5 aromatic rings. The zero-order valence-corrected chi connectivity index (χ0v) is 16.0. The quantitative estimate of drug-likeness (QED) is 0.398. The first-order valence-electron chi connectivity index (χ1n) is 9.00. The number of H-pyrrole nitrogens is 1. The number of aromatic nitrogens is 5. The molecule has 5 rings (SSSR count). The number of aromatic amines is 1. The van der Waals surface area contributed by atoms with Crippen molar-refractivity contribution in [3.05, 3.63) is 60.3 Å². The molecule has 2 aromatic heterocycles. The Morgan fingerprint density at radius 3 is 2.71 bits per heavy atom. The number of nitrogens with zero attached hydrogens (tertiary/aromatic N) is 4. The highest BCUT2D eigenvalue weighted by Crippen LogP contribution is 2.36. The summed E-state index contributed by atoms with van der Waals surface area (Å²) in [7, 11) is 0. The van der Waals surface area contributed by atoms with E-state index in [0.29, 0.717) is 16.5 Å². The molecule has 0 aliphatic rings. The summed E-state index contributed by atoms with van der Waals surface area (Å²) in [4.78, 5) is 0. The van der Waals surface area contributed by atoms with Crippen LogP contribution >= 0.6 is 12.6 Å². The molecule has 2 N–H and O–H groups in total. The molecule has 0 unspecified atom stereocenters. The van der Waals surface area contributed by atoms with Crippen LogP contribution in [0, 0.1) is 0 Å². The maximum atomic E-state index is 10.7. The van der Waals surface area contributed by atoms with Gasteiger partial charge in [0.1, 0.15) is 5.75 Å². The molecule has 0 aliphatic heterocycles. The van der Waals surface area contributed by atoms with Crippen LogP contribution in [-0.2, 0) is 6.42 Å². The average molecular weight is 387 g/mol. The highest BCUT2D eigenvalue weighted by molar-refractivity contribution is 7.80. The highest BCUT2D eigenvalue weighted by Gasteiger charge is 2.20. The van der Waals surface area contributed by atoms with Crippen LogP contribution in [0.4, 0.5) is 0 Å². The molecule has 0 spiro atoms. The maximum Gasteiger partial charge on any atom is 0.193 e. The average Bonchev–Trinajstić information content (AvgIpc) is 3.29. The van der Waals surface area contributed by atoms with Gasteiger partial charge >= 0.3 is 0 Å². The van der Waals surface area contributed by atoms with Gasteiger partial charge < -0.3 is 5.11 Å². The number of hydrogen-bond acceptors (Lipinski definition) is 5. The van der Waals surface area contributed by atoms with Crippen LogP contribution in [0.3, 0.4) is 0 Å². The van der Waals surface area contributed by atoms with Gasteiger partial charge in [-0.1, -0.05) is 43.3 Å². The van der Waals surface area contributed by atoms with Gasteiger partial charge in [-0.15, -0.1) is 22.8 Å². The Balaban J connectivity index is 1.80. The van der Waals surface area contributed by atoms with Crippen LogP contribution in [0.1, 0.15) is 12.6 Å². The Bertz CT molecular complexity index is 1330. The number of thiol groups is 1. The number of phenols is 1. The number of nitrogens with one attached hydrogen (secondary N) is 1. The Labute approximate surface area is 166 Å². The molecule has 0 radical (unpaired) electrons. The molecule has 0 bridgehead atoms. The highest BCUT2D eigenvalue weighted by atomic mass is 32.1. The van der Waals surface area contributed by atoms with Gasteiger partial charge in [-0.3, -0.25) is 9.67 Å². The Morgan fingerprint density at radius 1 is 1.04 bits per heavy atom. The minimum atomic E-state index is 0.112. The molecule has 3 aromatic carbocycles. The molecular formula is C21H17N5OS. The van der Waals surface area contributed by atoms with Crippen molar-refractivity contribution < 1.29 is 5.11 Å². The summed E-state index contributed by atoms with van der Waals surface area (Å²) in [5, 5.41) is 30.0. The molecule has 0 aliphatic carbocycles. The summed E-state index contributed by atoms with van der Waals surface area (Å²) in [6.45, 7) is 2.05. The number of benzene rings is 3. The van der Waals surface area contributed by atoms with Gasteiger partial charge in [-0.05, 0) is 23.9 Å². The van der Waals surface area contributed by atoms with Crippen molar-refractivity contribution in [3.63, 3.8) is 0 Å². The predicted molar refractivity (Wildman–Crippen MR) is 112 cm³/mol. The number of aromatic hydroxyl groups is 1. The molecule has 6 nitrogen and oxygen atoms in total. The summed E-state index contributed by atoms with van der Waals surface area (Å²) < 4.78 is 1.86. The van der Waals surface area contributed by atoms with E-state index in [1.807, 2.05) is 41.8 Å². The van der Waals surface area contributed by atoms with E-state index in [4.69, 9.17) is 0 Å². The number of fused-ring (bicyclic) bond motifs is 2. The standard InChI is InChI=1S/C21H17N5OS/c1-2-16-14-10-15(19(27)11-17(14)23-22-16)20-24-25-21(28)26(20)18-9-5-7-12-6-3-4-8-13(12)18/h3-11,27H,2H2,1H3,(H,22,23)(H,25,28). The molecule has 138 valence electrons. The second kappa shape index (κ2) is 6.38. The van der Waals surface area contributed by atoms with Crippen LogP contribution in [0.15, 0.2) is 59.8 Å². The molecule has 0 saturated carbocycles. The smallest absolute Gasteiger partial charge is 0.193 e. The fraction of sp³-hybridized carbons (Fsp3) is 0.0952. The molecule has 0 saturated heterocycles. The maximum absolute atomic E-state index is 10.7. The summed E-state index contributed by atoms with van der Waals surface area (Å²) in [5.74, 6) is 0.644. The van der Waals surface area contributed by atoms with E-state index in [9.17, 15) is 5.11 Å². The van der Waals surface area contributed by atoms with Gasteiger partial charge in [-0.25, -0.2) is 0 Å². The normalized spacial score (nSPS) is 11.5. The second-order valence-electron chi connectivity index (χ2n) is 6.60. The number of phenolic OH excluding ortho intramolecular Hbond substituents is 1. The van der Waals surface area contributed by atoms with Gasteiger partial charge in [0, 0.05) is 16.8 Å². The molecule has 7 heteroatoms. The van der Waals surface area contributed by atoms with Crippen molar-refractivity contribution in [1.29, 1.82) is 0 Å². The van der Waals surface area contributed by atoms with Crippen LogP contribution in [0.25, 0.3) is 38.8 Å². The van der Waals surface area contributed by atoms with Crippen LogP contribution < -0.4 is 0 Å². The Morgan fingerprint density at radius 2 is 1.86 bits per heavy atom. The van der Waals surface area contributed by atoms with Gasteiger partial charge in [0.15, 0.2) is 11.0 Å². The topological polar surface area (TPSA) is 79.6 Å². The van der Waals surface area contributed by atoms with Crippen LogP contribution in [0.5, 0.6) is 5.75 Å². The monoisotopic (exact) mass is 387 g/mol. The van der Waals surface area contributed by atoms with Gasteiger partial charge in [0.2, 0.25) is 0 Å². The van der Waals surface area contributed by atoms with Crippen LogP contribution in [-0.4, -0.2) is 30.1 Å². The molecule has 28 heavy (non-hydrogen) atoms. The molecule has 2 heterocycles. The molecular weight excluding hydrogens is 370 g/mol. The van der Waals surface area contributed by atoms with Crippen molar-refractivity contribution in [3.8, 4) is 22.8 Å². The Kier molecular flexibility index (Phi) is 3.84. The predicted octanol–water partition coefficient (Wildman–Crippen LogP) is 4.52. The number of hydrogen-bond donors (Lipinski definition) is 3. The van der Waals surface area contributed by atoms with Crippen molar-refractivity contribution in [1.82, 2.24) is 25.0 Å². The summed E-state index contributed by atoms with van der Waals surface area (Å²) in [6, 6.07) is 17.7. The lowest BCUT2D eigenvalue weighted by Gasteiger charge is -2.12. The van der Waals surface area contributed by atoms with Crippen molar-refractivity contribution in [2.45, 2.75) is 18.5 Å². The fourth-order valence-corrected chi connectivity index (χ4v) is 3.88. The summed E-state index contributed by atoms with van der Waals surface area (Å²) in [6.07, 6.45) is 0.790. The third-order valence-electron chi connectivity index (χ3n) is 4.99. The SMILES string of the molecule is CCc1n[nH]c2cc(O)c(-c3nnc(S)n3-c3cccc4ccccc34)cc12. The fourth-order valence-electron chi connectivity index (χ4n) is 3.63. The van der Waals surface area contributed by atoms with Crippen molar-refractivity contribution >= 4 is 34.3 Å². The van der Waals surface area contributed by atoms with E-state index in [1.165, 1.54) is 0 Å². The van der Waals surface area contributed by atoms with E-state index >= 15 is 0 Å².